The lowest BCUT2D eigenvalue weighted by atomic mass is 10.2. The molecule has 1 fully saturated rings. The molecule has 2 N–H and O–H groups in total. The Hall–Kier alpha value is -3.12. The first-order valence-electron chi connectivity index (χ1n) is 9.40. The summed E-state index contributed by atoms with van der Waals surface area (Å²) in [5.41, 5.74) is 1.49. The fourth-order valence-corrected chi connectivity index (χ4v) is 4.67. The van der Waals surface area contributed by atoms with Gasteiger partial charge in [-0.15, -0.1) is 5.10 Å². The monoisotopic (exact) mass is 431 g/mol. The molecule has 12 heteroatoms. The Morgan fingerprint density at radius 3 is 2.73 bits per heavy atom. The maximum atomic E-state index is 12.6. The molecule has 158 valence electrons. The smallest absolute Gasteiger partial charge is 0.246 e. The minimum absolute atomic E-state index is 0.0592. The molecule has 0 bridgehead atoms. The molecular formula is C18H21N7O4S. The normalized spacial score (nSPS) is 15.2. The number of benzene rings is 1. The molecule has 0 radical (unpaired) electrons. The number of nitrogens with one attached hydrogen (secondary N) is 2. The molecule has 2 aromatic heterocycles. The number of anilines is 1. The first kappa shape index (κ1) is 20.2. The summed E-state index contributed by atoms with van der Waals surface area (Å²) >= 11 is 0. The molecule has 1 saturated carbocycles. The number of tetrazole rings is 1. The highest BCUT2D eigenvalue weighted by Crippen LogP contribution is 2.36. The van der Waals surface area contributed by atoms with Crippen LogP contribution in [-0.4, -0.2) is 45.7 Å². The third-order valence-corrected chi connectivity index (χ3v) is 6.52. The Kier molecular flexibility index (Phi) is 5.12. The second-order valence-corrected chi connectivity index (χ2v) is 8.90. The molecule has 1 amide bonds. The Bertz CT molecular complexity index is 1180. The molecule has 1 aliphatic carbocycles. The van der Waals surface area contributed by atoms with Gasteiger partial charge in [0, 0.05) is 11.3 Å². The zero-order valence-electron chi connectivity index (χ0n) is 16.7. The maximum Gasteiger partial charge on any atom is 0.246 e. The van der Waals surface area contributed by atoms with Crippen LogP contribution in [0.4, 0.5) is 5.69 Å². The summed E-state index contributed by atoms with van der Waals surface area (Å²) in [5.74, 6) is 0.277. The van der Waals surface area contributed by atoms with E-state index in [9.17, 15) is 13.2 Å². The molecule has 30 heavy (non-hydrogen) atoms. The van der Waals surface area contributed by atoms with Crippen molar-refractivity contribution in [3.8, 4) is 11.4 Å². The number of rotatable bonds is 7. The van der Waals surface area contributed by atoms with Crippen molar-refractivity contribution in [2.45, 2.75) is 50.6 Å². The molecular weight excluding hydrogens is 410 g/mol. The number of sulfonamides is 1. The van der Waals surface area contributed by atoms with E-state index in [1.165, 1.54) is 20.8 Å². The predicted octanol–water partition coefficient (Wildman–Crippen LogP) is 1.59. The van der Waals surface area contributed by atoms with Crippen LogP contribution in [0.1, 0.15) is 37.3 Å². The van der Waals surface area contributed by atoms with Crippen LogP contribution in [0.2, 0.25) is 0 Å². The Morgan fingerprint density at radius 2 is 2.07 bits per heavy atom. The van der Waals surface area contributed by atoms with Gasteiger partial charge in [-0.1, -0.05) is 17.3 Å². The van der Waals surface area contributed by atoms with E-state index in [0.717, 1.165) is 18.4 Å². The number of amides is 1. The number of nitrogens with zero attached hydrogens (tertiary/aromatic N) is 5. The molecule has 0 saturated heterocycles. The molecule has 11 nitrogen and oxygen atoms in total. The lowest BCUT2D eigenvalue weighted by molar-refractivity contribution is -0.117. The molecule has 1 aromatic carbocycles. The van der Waals surface area contributed by atoms with Gasteiger partial charge in [0.1, 0.15) is 10.6 Å². The Labute approximate surface area is 172 Å². The van der Waals surface area contributed by atoms with E-state index in [1.807, 2.05) is 6.07 Å². The van der Waals surface area contributed by atoms with Gasteiger partial charge in [0.2, 0.25) is 15.9 Å². The van der Waals surface area contributed by atoms with Gasteiger partial charge in [-0.05, 0) is 56.2 Å². The fraction of sp³-hybridized carbons (Fsp3) is 0.389. The number of aromatic nitrogens is 5. The molecule has 0 unspecified atom stereocenters. The first-order valence-corrected chi connectivity index (χ1v) is 10.9. The zero-order chi connectivity index (χ0) is 21.5. The lowest BCUT2D eigenvalue weighted by Gasteiger charge is -2.15. The third-order valence-electron chi connectivity index (χ3n) is 4.74. The van der Waals surface area contributed by atoms with Gasteiger partial charge >= 0.3 is 0 Å². The SMILES string of the molecule is Cc1noc(C)c1S(=O)(=O)N[C@@H](C)C(=O)Nc1cccc(-c2nnnn2C2CC2)c1. The first-order chi connectivity index (χ1) is 14.3. The molecule has 4 rings (SSSR count). The summed E-state index contributed by atoms with van der Waals surface area (Å²) in [6.07, 6.45) is 2.08. The average molecular weight is 431 g/mol. The standard InChI is InChI=1S/C18H21N7O4S/c1-10-16(12(3)29-21-10)30(27,28)22-11(2)18(26)19-14-6-4-5-13(9-14)17-20-23-24-25(17)15-7-8-15/h4-6,9,11,15,22H,7-8H2,1-3H3,(H,19,26)/t11-/m0/s1. The number of carbonyl (C=O) groups excluding carboxylic acids is 1. The highest BCUT2D eigenvalue weighted by atomic mass is 32.2. The summed E-state index contributed by atoms with van der Waals surface area (Å²) in [4.78, 5) is 12.5. The van der Waals surface area contributed by atoms with E-state index in [4.69, 9.17) is 4.52 Å². The maximum absolute atomic E-state index is 12.6. The Morgan fingerprint density at radius 1 is 1.30 bits per heavy atom. The lowest BCUT2D eigenvalue weighted by Crippen LogP contribution is -2.41. The van der Waals surface area contributed by atoms with E-state index < -0.39 is 22.0 Å². The largest absolute Gasteiger partial charge is 0.360 e. The van der Waals surface area contributed by atoms with Crippen molar-refractivity contribution in [2.75, 3.05) is 5.32 Å². The van der Waals surface area contributed by atoms with Gasteiger partial charge < -0.3 is 9.84 Å². The van der Waals surface area contributed by atoms with Crippen LogP contribution in [0.3, 0.4) is 0 Å². The van der Waals surface area contributed by atoms with Gasteiger partial charge in [-0.2, -0.15) is 4.72 Å². The minimum Gasteiger partial charge on any atom is -0.360 e. The van der Waals surface area contributed by atoms with Crippen molar-refractivity contribution >= 4 is 21.6 Å². The molecule has 2 heterocycles. The van der Waals surface area contributed by atoms with E-state index in [2.05, 4.69) is 30.7 Å². The summed E-state index contributed by atoms with van der Waals surface area (Å²) in [6, 6.07) is 6.37. The van der Waals surface area contributed by atoms with Crippen molar-refractivity contribution < 1.29 is 17.7 Å². The van der Waals surface area contributed by atoms with E-state index in [1.54, 1.807) is 22.9 Å². The number of carbonyl (C=O) groups is 1. The van der Waals surface area contributed by atoms with E-state index in [-0.39, 0.29) is 16.3 Å². The fourth-order valence-electron chi connectivity index (χ4n) is 3.14. The summed E-state index contributed by atoms with van der Waals surface area (Å²) in [5, 5.41) is 18.2. The van der Waals surface area contributed by atoms with Gasteiger partial charge in [-0.25, -0.2) is 13.1 Å². The van der Waals surface area contributed by atoms with Crippen LogP contribution in [0.15, 0.2) is 33.7 Å². The quantitative estimate of drug-likeness (QED) is 0.573. The number of aryl methyl sites for hydroxylation is 2. The minimum atomic E-state index is -3.96. The third kappa shape index (κ3) is 3.96. The van der Waals surface area contributed by atoms with Crippen LogP contribution >= 0.6 is 0 Å². The van der Waals surface area contributed by atoms with Crippen molar-refractivity contribution in [1.29, 1.82) is 0 Å². The van der Waals surface area contributed by atoms with Crippen LogP contribution in [0.25, 0.3) is 11.4 Å². The van der Waals surface area contributed by atoms with Gasteiger partial charge in [-0.3, -0.25) is 4.79 Å². The van der Waals surface area contributed by atoms with Gasteiger partial charge in [0.15, 0.2) is 11.6 Å². The second kappa shape index (κ2) is 7.61. The highest BCUT2D eigenvalue weighted by Gasteiger charge is 2.29. The van der Waals surface area contributed by atoms with Gasteiger partial charge in [0.05, 0.1) is 12.1 Å². The summed E-state index contributed by atoms with van der Waals surface area (Å²) < 4.78 is 34.3. The second-order valence-electron chi connectivity index (χ2n) is 7.24. The number of hydrogen-bond donors (Lipinski definition) is 2. The van der Waals surface area contributed by atoms with Gasteiger partial charge in [0.25, 0.3) is 0 Å². The molecule has 1 aliphatic rings. The number of hydrogen-bond acceptors (Lipinski definition) is 8. The van der Waals surface area contributed by atoms with Crippen molar-refractivity contribution in [1.82, 2.24) is 30.1 Å². The molecule has 3 aromatic rings. The van der Waals surface area contributed by atoms with Crippen LogP contribution in [-0.2, 0) is 14.8 Å². The highest BCUT2D eigenvalue weighted by molar-refractivity contribution is 7.89. The average Bonchev–Trinajstić information content (AvgIpc) is 3.31. The predicted molar refractivity (Wildman–Crippen MR) is 106 cm³/mol. The van der Waals surface area contributed by atoms with Crippen LogP contribution in [0.5, 0.6) is 0 Å². The van der Waals surface area contributed by atoms with Crippen LogP contribution < -0.4 is 10.0 Å². The van der Waals surface area contributed by atoms with Crippen molar-refractivity contribution in [3.05, 3.63) is 35.7 Å². The summed E-state index contributed by atoms with van der Waals surface area (Å²) in [7, 11) is -3.96. The molecule has 1 atom stereocenters. The topological polar surface area (TPSA) is 145 Å². The summed E-state index contributed by atoms with van der Waals surface area (Å²) in [6.45, 7) is 4.49. The van der Waals surface area contributed by atoms with E-state index >= 15 is 0 Å². The zero-order valence-corrected chi connectivity index (χ0v) is 17.5. The van der Waals surface area contributed by atoms with E-state index in [0.29, 0.717) is 17.6 Å². The van der Waals surface area contributed by atoms with Crippen molar-refractivity contribution in [2.24, 2.45) is 0 Å². The van der Waals surface area contributed by atoms with Crippen molar-refractivity contribution in [3.63, 3.8) is 0 Å². The Balaban J connectivity index is 1.48. The van der Waals surface area contributed by atoms with Crippen LogP contribution in [0, 0.1) is 13.8 Å². The molecule has 0 aliphatic heterocycles. The molecule has 0 spiro atoms.